The Morgan fingerprint density at radius 2 is 2.29 bits per heavy atom. The molecular formula is C8H15N3O2S. The third kappa shape index (κ3) is 4.38. The zero-order valence-electron chi connectivity index (χ0n) is 8.34. The second-order valence-electron chi connectivity index (χ2n) is 3.45. The highest BCUT2D eigenvalue weighted by atomic mass is 32.2. The number of nitrogens with one attached hydrogen (secondary N) is 1. The predicted molar refractivity (Wildman–Crippen MR) is 54.2 cm³/mol. The van der Waals surface area contributed by atoms with Crippen LogP contribution in [0.2, 0.25) is 0 Å². The molecule has 0 aliphatic rings. The molecule has 1 unspecified atom stereocenters. The van der Waals surface area contributed by atoms with Gasteiger partial charge in [0.15, 0.2) is 0 Å². The van der Waals surface area contributed by atoms with Crippen LogP contribution >= 0.6 is 0 Å². The topological polar surface area (TPSA) is 64.0 Å². The largest absolute Gasteiger partial charge is 0.272 e. The zero-order chi connectivity index (χ0) is 10.6. The van der Waals surface area contributed by atoms with Gasteiger partial charge in [-0.15, -0.1) is 0 Å². The Morgan fingerprint density at radius 1 is 1.57 bits per heavy atom. The molecule has 1 N–H and O–H groups in total. The van der Waals surface area contributed by atoms with E-state index in [1.54, 1.807) is 10.9 Å². The molecule has 1 rings (SSSR count). The molecule has 1 aromatic heterocycles. The SMILES string of the molecule is CC(CNS(C)(=O)=O)Cn1cccn1. The van der Waals surface area contributed by atoms with Crippen LogP contribution in [-0.2, 0) is 16.6 Å². The fourth-order valence-electron chi connectivity index (χ4n) is 1.09. The lowest BCUT2D eigenvalue weighted by Gasteiger charge is -2.11. The normalized spacial score (nSPS) is 14.1. The monoisotopic (exact) mass is 217 g/mol. The lowest BCUT2D eigenvalue weighted by Crippen LogP contribution is -2.29. The van der Waals surface area contributed by atoms with Crippen molar-refractivity contribution < 1.29 is 8.42 Å². The van der Waals surface area contributed by atoms with Crippen LogP contribution in [0.5, 0.6) is 0 Å². The highest BCUT2D eigenvalue weighted by Gasteiger charge is 2.06. The fraction of sp³-hybridized carbons (Fsp3) is 0.625. The maximum atomic E-state index is 10.8. The standard InChI is InChI=1S/C8H15N3O2S/c1-8(6-10-14(2,12)13)7-11-5-3-4-9-11/h3-5,8,10H,6-7H2,1-2H3. The molecule has 0 radical (unpaired) electrons. The first-order chi connectivity index (χ1) is 6.47. The summed E-state index contributed by atoms with van der Waals surface area (Å²) in [4.78, 5) is 0. The van der Waals surface area contributed by atoms with E-state index in [4.69, 9.17) is 0 Å². The molecule has 0 aromatic carbocycles. The summed E-state index contributed by atoms with van der Waals surface area (Å²) < 4.78 is 25.9. The van der Waals surface area contributed by atoms with E-state index in [1.165, 1.54) is 0 Å². The molecule has 1 heterocycles. The lowest BCUT2D eigenvalue weighted by molar-refractivity contribution is 0.444. The molecular weight excluding hydrogens is 202 g/mol. The summed E-state index contributed by atoms with van der Waals surface area (Å²) in [6.07, 6.45) is 4.72. The number of aromatic nitrogens is 2. The summed E-state index contributed by atoms with van der Waals surface area (Å²) in [7, 11) is -3.08. The molecule has 0 bridgehead atoms. The van der Waals surface area contributed by atoms with E-state index in [-0.39, 0.29) is 5.92 Å². The van der Waals surface area contributed by atoms with Crippen molar-refractivity contribution in [2.24, 2.45) is 5.92 Å². The van der Waals surface area contributed by atoms with Crippen molar-refractivity contribution in [3.8, 4) is 0 Å². The van der Waals surface area contributed by atoms with Crippen LogP contribution in [0.25, 0.3) is 0 Å². The van der Waals surface area contributed by atoms with Gasteiger partial charge in [0.1, 0.15) is 0 Å². The Bertz CT molecular complexity index is 358. The Balaban J connectivity index is 2.33. The average Bonchev–Trinajstić information content (AvgIpc) is 2.52. The van der Waals surface area contributed by atoms with Gasteiger partial charge in [-0.1, -0.05) is 6.92 Å². The van der Waals surface area contributed by atoms with Gasteiger partial charge >= 0.3 is 0 Å². The predicted octanol–water partition coefficient (Wildman–Crippen LogP) is 0.0684. The minimum atomic E-state index is -3.08. The maximum absolute atomic E-state index is 10.8. The quantitative estimate of drug-likeness (QED) is 0.759. The molecule has 1 atom stereocenters. The Kier molecular flexibility index (Phi) is 3.65. The Labute approximate surface area is 84.2 Å². The van der Waals surface area contributed by atoms with Gasteiger partial charge in [0, 0.05) is 25.5 Å². The minimum absolute atomic E-state index is 0.227. The third-order valence-corrected chi connectivity index (χ3v) is 2.44. The van der Waals surface area contributed by atoms with Gasteiger partial charge in [-0.2, -0.15) is 5.10 Å². The summed E-state index contributed by atoms with van der Waals surface area (Å²) in [5, 5.41) is 4.04. The van der Waals surface area contributed by atoms with Crippen LogP contribution in [0.15, 0.2) is 18.5 Å². The average molecular weight is 217 g/mol. The first-order valence-electron chi connectivity index (χ1n) is 4.39. The van der Waals surface area contributed by atoms with E-state index >= 15 is 0 Å². The second-order valence-corrected chi connectivity index (χ2v) is 5.29. The lowest BCUT2D eigenvalue weighted by atomic mass is 10.2. The van der Waals surface area contributed by atoms with Gasteiger partial charge < -0.3 is 0 Å². The number of hydrogen-bond acceptors (Lipinski definition) is 3. The molecule has 0 saturated carbocycles. The fourth-order valence-corrected chi connectivity index (χ4v) is 1.67. The van der Waals surface area contributed by atoms with Crippen molar-refractivity contribution in [1.82, 2.24) is 14.5 Å². The van der Waals surface area contributed by atoms with Crippen molar-refractivity contribution in [2.75, 3.05) is 12.8 Å². The molecule has 80 valence electrons. The highest BCUT2D eigenvalue weighted by molar-refractivity contribution is 7.88. The van der Waals surface area contributed by atoms with Gasteiger partial charge in [-0.3, -0.25) is 4.68 Å². The summed E-state index contributed by atoms with van der Waals surface area (Å²) in [6.45, 7) is 3.13. The van der Waals surface area contributed by atoms with Crippen molar-refractivity contribution in [3.05, 3.63) is 18.5 Å². The number of hydrogen-bond donors (Lipinski definition) is 1. The van der Waals surface area contributed by atoms with E-state index in [1.807, 2.05) is 19.2 Å². The second kappa shape index (κ2) is 4.56. The summed E-state index contributed by atoms with van der Waals surface area (Å²) in [5.41, 5.74) is 0. The van der Waals surface area contributed by atoms with E-state index in [2.05, 4.69) is 9.82 Å². The maximum Gasteiger partial charge on any atom is 0.208 e. The van der Waals surface area contributed by atoms with E-state index in [0.717, 1.165) is 12.8 Å². The molecule has 1 aromatic rings. The van der Waals surface area contributed by atoms with Gasteiger partial charge in [0.2, 0.25) is 10.0 Å². The number of rotatable bonds is 5. The smallest absolute Gasteiger partial charge is 0.208 e. The summed E-state index contributed by atoms with van der Waals surface area (Å²) in [6, 6.07) is 1.84. The summed E-state index contributed by atoms with van der Waals surface area (Å²) in [5.74, 6) is 0.227. The Hall–Kier alpha value is -0.880. The van der Waals surface area contributed by atoms with Crippen LogP contribution in [0.4, 0.5) is 0 Å². The molecule has 0 amide bonds. The minimum Gasteiger partial charge on any atom is -0.272 e. The van der Waals surface area contributed by atoms with Gasteiger partial charge in [0.05, 0.1) is 6.26 Å². The van der Waals surface area contributed by atoms with Gasteiger partial charge in [-0.05, 0) is 12.0 Å². The van der Waals surface area contributed by atoms with Crippen LogP contribution in [-0.4, -0.2) is 31.0 Å². The molecule has 0 aliphatic heterocycles. The molecule has 5 nitrogen and oxygen atoms in total. The van der Waals surface area contributed by atoms with Crippen molar-refractivity contribution in [2.45, 2.75) is 13.5 Å². The third-order valence-electron chi connectivity index (χ3n) is 1.75. The van der Waals surface area contributed by atoms with Crippen LogP contribution in [0.3, 0.4) is 0 Å². The summed E-state index contributed by atoms with van der Waals surface area (Å²) >= 11 is 0. The van der Waals surface area contributed by atoms with Crippen LogP contribution in [0, 0.1) is 5.92 Å². The molecule has 6 heteroatoms. The van der Waals surface area contributed by atoms with Crippen LogP contribution in [0.1, 0.15) is 6.92 Å². The number of nitrogens with zero attached hydrogens (tertiary/aromatic N) is 2. The number of sulfonamides is 1. The van der Waals surface area contributed by atoms with Crippen molar-refractivity contribution in [3.63, 3.8) is 0 Å². The van der Waals surface area contributed by atoms with Crippen LogP contribution < -0.4 is 4.72 Å². The molecule has 0 fully saturated rings. The molecule has 0 saturated heterocycles. The molecule has 0 spiro atoms. The van der Waals surface area contributed by atoms with E-state index in [0.29, 0.717) is 6.54 Å². The first-order valence-corrected chi connectivity index (χ1v) is 6.28. The molecule has 14 heavy (non-hydrogen) atoms. The van der Waals surface area contributed by atoms with Crippen molar-refractivity contribution in [1.29, 1.82) is 0 Å². The van der Waals surface area contributed by atoms with Gasteiger partial charge in [-0.25, -0.2) is 13.1 Å². The van der Waals surface area contributed by atoms with Gasteiger partial charge in [0.25, 0.3) is 0 Å². The van der Waals surface area contributed by atoms with E-state index in [9.17, 15) is 8.42 Å². The Morgan fingerprint density at radius 3 is 2.79 bits per heavy atom. The molecule has 0 aliphatic carbocycles. The van der Waals surface area contributed by atoms with Crippen molar-refractivity contribution >= 4 is 10.0 Å². The highest BCUT2D eigenvalue weighted by Crippen LogP contribution is 1.98. The van der Waals surface area contributed by atoms with E-state index < -0.39 is 10.0 Å². The zero-order valence-corrected chi connectivity index (χ0v) is 9.16. The first kappa shape index (κ1) is 11.2.